The molecule has 7 heteroatoms. The zero-order valence-corrected chi connectivity index (χ0v) is 12.1. The summed E-state index contributed by atoms with van der Waals surface area (Å²) in [4.78, 5) is 22.0. The third kappa shape index (κ3) is 7.81. The number of allylic oxidation sites excluding steroid dienone is 1. The number of nitrogens with one attached hydrogen (secondary N) is 2. The lowest BCUT2D eigenvalue weighted by Crippen LogP contribution is -2.38. The summed E-state index contributed by atoms with van der Waals surface area (Å²) >= 11 is 0. The van der Waals surface area contributed by atoms with Gasteiger partial charge in [0.15, 0.2) is 0 Å². The summed E-state index contributed by atoms with van der Waals surface area (Å²) in [6.45, 7) is 7.81. The van der Waals surface area contributed by atoms with Gasteiger partial charge in [0.1, 0.15) is 0 Å². The first-order valence-electron chi connectivity index (χ1n) is 6.26. The first-order chi connectivity index (χ1) is 8.94. The number of carbonyl (C=O) groups excluding carboxylic acids is 2. The maximum atomic E-state index is 11.9. The summed E-state index contributed by atoms with van der Waals surface area (Å²) in [5.41, 5.74) is 0.790. The van der Waals surface area contributed by atoms with Crippen LogP contribution in [0.1, 0.15) is 34.1 Å². The Bertz CT molecular complexity index is 382. The van der Waals surface area contributed by atoms with Gasteiger partial charge in [0.2, 0.25) is 5.91 Å². The lowest BCUT2D eigenvalue weighted by Gasteiger charge is -2.19. The summed E-state index contributed by atoms with van der Waals surface area (Å²) in [6.07, 6.45) is -3.17. The molecule has 0 saturated carbocycles. The second-order valence-electron chi connectivity index (χ2n) is 5.48. The van der Waals surface area contributed by atoms with Gasteiger partial charge in [-0.25, -0.2) is 0 Å². The second-order valence-corrected chi connectivity index (χ2v) is 5.48. The van der Waals surface area contributed by atoms with Gasteiger partial charge < -0.3 is 10.6 Å². The zero-order valence-electron chi connectivity index (χ0n) is 12.1. The molecule has 0 unspecified atom stereocenters. The van der Waals surface area contributed by atoms with Crippen molar-refractivity contribution in [2.75, 3.05) is 13.1 Å². The summed E-state index contributed by atoms with van der Waals surface area (Å²) in [7, 11) is 0. The van der Waals surface area contributed by atoms with E-state index >= 15 is 0 Å². The predicted octanol–water partition coefficient (Wildman–Crippen LogP) is 2.16. The monoisotopic (exact) mass is 294 g/mol. The average molecular weight is 294 g/mol. The van der Waals surface area contributed by atoms with Crippen molar-refractivity contribution in [3.05, 3.63) is 11.6 Å². The van der Waals surface area contributed by atoms with Gasteiger partial charge in [-0.3, -0.25) is 9.59 Å². The standard InChI is InChI=1S/C13H21F3N2O2/c1-9(12(2,3)4)8-10(19)17-6-5-7-18-11(20)13(14,15)16/h8H,5-7H2,1-4H3,(H,17,19)(H,18,20)/b9-8+. The van der Waals surface area contributed by atoms with E-state index in [9.17, 15) is 22.8 Å². The van der Waals surface area contributed by atoms with E-state index < -0.39 is 12.1 Å². The fraction of sp³-hybridized carbons (Fsp3) is 0.692. The molecule has 20 heavy (non-hydrogen) atoms. The van der Waals surface area contributed by atoms with Gasteiger partial charge in [0, 0.05) is 19.2 Å². The van der Waals surface area contributed by atoms with Crippen molar-refractivity contribution in [2.24, 2.45) is 5.41 Å². The maximum absolute atomic E-state index is 11.9. The number of amides is 2. The van der Waals surface area contributed by atoms with Crippen LogP contribution in [0.4, 0.5) is 13.2 Å². The third-order valence-corrected chi connectivity index (χ3v) is 2.73. The molecule has 2 amide bonds. The largest absolute Gasteiger partial charge is 0.471 e. The Morgan fingerprint density at radius 3 is 2.00 bits per heavy atom. The minimum absolute atomic E-state index is 0.113. The molecular formula is C13H21F3N2O2. The van der Waals surface area contributed by atoms with E-state index in [0.29, 0.717) is 0 Å². The number of halogens is 3. The highest BCUT2D eigenvalue weighted by atomic mass is 19.4. The molecule has 0 aliphatic carbocycles. The molecule has 0 aliphatic rings. The molecule has 0 spiro atoms. The predicted molar refractivity (Wildman–Crippen MR) is 69.9 cm³/mol. The van der Waals surface area contributed by atoms with Crippen LogP contribution in [0.25, 0.3) is 0 Å². The van der Waals surface area contributed by atoms with Crippen LogP contribution in [0.15, 0.2) is 11.6 Å². The molecule has 0 aromatic heterocycles. The first-order valence-corrected chi connectivity index (χ1v) is 6.26. The quantitative estimate of drug-likeness (QED) is 0.603. The number of hydrogen-bond acceptors (Lipinski definition) is 2. The highest BCUT2D eigenvalue weighted by Gasteiger charge is 2.38. The number of hydrogen-bond donors (Lipinski definition) is 2. The Morgan fingerprint density at radius 2 is 1.55 bits per heavy atom. The van der Waals surface area contributed by atoms with Crippen LogP contribution in [0.5, 0.6) is 0 Å². The number of carbonyl (C=O) groups is 2. The fourth-order valence-corrected chi connectivity index (χ4v) is 1.07. The van der Waals surface area contributed by atoms with Gasteiger partial charge in [0.05, 0.1) is 0 Å². The summed E-state index contributed by atoms with van der Waals surface area (Å²) in [5.74, 6) is -2.26. The lowest BCUT2D eigenvalue weighted by atomic mass is 9.87. The van der Waals surface area contributed by atoms with Crippen LogP contribution < -0.4 is 10.6 Å². The van der Waals surface area contributed by atoms with Gasteiger partial charge >= 0.3 is 12.1 Å². The molecule has 116 valence electrons. The van der Waals surface area contributed by atoms with Crippen LogP contribution >= 0.6 is 0 Å². The summed E-state index contributed by atoms with van der Waals surface area (Å²) < 4.78 is 35.6. The molecule has 0 atom stereocenters. The zero-order chi connectivity index (χ0) is 16.0. The topological polar surface area (TPSA) is 58.2 Å². The van der Waals surface area contributed by atoms with Crippen molar-refractivity contribution in [3.63, 3.8) is 0 Å². The van der Waals surface area contributed by atoms with E-state index in [2.05, 4.69) is 5.32 Å². The fourth-order valence-electron chi connectivity index (χ4n) is 1.07. The normalized spacial score (nSPS) is 13.1. The molecule has 0 rings (SSSR count). The molecule has 2 N–H and O–H groups in total. The van der Waals surface area contributed by atoms with E-state index in [1.54, 1.807) is 5.32 Å². The van der Waals surface area contributed by atoms with E-state index in [-0.39, 0.29) is 30.8 Å². The van der Waals surface area contributed by atoms with E-state index in [1.165, 1.54) is 6.08 Å². The van der Waals surface area contributed by atoms with E-state index in [0.717, 1.165) is 5.57 Å². The Hall–Kier alpha value is -1.53. The number of rotatable bonds is 5. The van der Waals surface area contributed by atoms with Gasteiger partial charge in [-0.05, 0) is 18.8 Å². The van der Waals surface area contributed by atoms with E-state index in [4.69, 9.17) is 0 Å². The Kier molecular flexibility index (Phi) is 6.75. The van der Waals surface area contributed by atoms with Crippen LogP contribution in [-0.4, -0.2) is 31.1 Å². The Morgan fingerprint density at radius 1 is 1.05 bits per heavy atom. The van der Waals surface area contributed by atoms with Crippen LogP contribution in [0.2, 0.25) is 0 Å². The second kappa shape index (κ2) is 7.31. The van der Waals surface area contributed by atoms with Crippen molar-refractivity contribution < 1.29 is 22.8 Å². The van der Waals surface area contributed by atoms with Crippen LogP contribution in [-0.2, 0) is 9.59 Å². The van der Waals surface area contributed by atoms with Crippen LogP contribution in [0, 0.1) is 5.41 Å². The van der Waals surface area contributed by atoms with Crippen molar-refractivity contribution in [1.29, 1.82) is 0 Å². The highest BCUT2D eigenvalue weighted by Crippen LogP contribution is 2.23. The molecule has 0 aliphatic heterocycles. The molecule has 0 aromatic rings. The van der Waals surface area contributed by atoms with Crippen molar-refractivity contribution in [1.82, 2.24) is 10.6 Å². The lowest BCUT2D eigenvalue weighted by molar-refractivity contribution is -0.173. The van der Waals surface area contributed by atoms with E-state index in [1.807, 2.05) is 27.7 Å². The third-order valence-electron chi connectivity index (χ3n) is 2.73. The molecule has 0 saturated heterocycles. The van der Waals surface area contributed by atoms with Gasteiger partial charge in [0.25, 0.3) is 0 Å². The first kappa shape index (κ1) is 18.5. The minimum Gasteiger partial charge on any atom is -0.352 e. The van der Waals surface area contributed by atoms with Crippen LogP contribution in [0.3, 0.4) is 0 Å². The summed E-state index contributed by atoms with van der Waals surface area (Å²) in [6, 6.07) is 0. The van der Waals surface area contributed by atoms with Crippen molar-refractivity contribution in [2.45, 2.75) is 40.3 Å². The highest BCUT2D eigenvalue weighted by molar-refractivity contribution is 5.88. The number of alkyl halides is 3. The van der Waals surface area contributed by atoms with Gasteiger partial charge in [-0.2, -0.15) is 13.2 Å². The molecule has 0 bridgehead atoms. The molecule has 0 radical (unpaired) electrons. The molecular weight excluding hydrogens is 273 g/mol. The Balaban J connectivity index is 3.93. The molecule has 0 heterocycles. The Labute approximate surface area is 116 Å². The smallest absolute Gasteiger partial charge is 0.352 e. The molecule has 0 aromatic carbocycles. The molecule has 4 nitrogen and oxygen atoms in total. The van der Waals surface area contributed by atoms with Crippen molar-refractivity contribution in [3.8, 4) is 0 Å². The van der Waals surface area contributed by atoms with Crippen molar-refractivity contribution >= 4 is 11.8 Å². The SMILES string of the molecule is C/C(=C\C(=O)NCCCNC(=O)C(F)(F)F)C(C)(C)C. The molecule has 0 fully saturated rings. The maximum Gasteiger partial charge on any atom is 0.471 e. The average Bonchev–Trinajstić information content (AvgIpc) is 2.25. The van der Waals surface area contributed by atoms with Gasteiger partial charge in [-0.15, -0.1) is 0 Å². The minimum atomic E-state index is -4.87. The van der Waals surface area contributed by atoms with Gasteiger partial charge in [-0.1, -0.05) is 26.3 Å². The summed E-state index contributed by atoms with van der Waals surface area (Å²) in [5, 5.41) is 4.28.